The van der Waals surface area contributed by atoms with Gasteiger partial charge in [0.2, 0.25) is 11.8 Å². The molecule has 2 N–H and O–H groups in total. The highest BCUT2D eigenvalue weighted by Crippen LogP contribution is 2.36. The van der Waals surface area contributed by atoms with Gasteiger partial charge < -0.3 is 10.6 Å². The maximum absolute atomic E-state index is 12.2. The number of rotatable bonds is 4. The zero-order valence-electron chi connectivity index (χ0n) is 13.8. The van der Waals surface area contributed by atoms with E-state index < -0.39 is 0 Å². The Balaban J connectivity index is 1.54. The van der Waals surface area contributed by atoms with Gasteiger partial charge in [0.05, 0.1) is 6.42 Å². The molecule has 0 bridgehead atoms. The van der Waals surface area contributed by atoms with Crippen LogP contribution in [0.1, 0.15) is 44.6 Å². The van der Waals surface area contributed by atoms with E-state index in [0.29, 0.717) is 24.7 Å². The smallest absolute Gasteiger partial charge is 0.224 e. The van der Waals surface area contributed by atoms with E-state index in [1.165, 1.54) is 0 Å². The van der Waals surface area contributed by atoms with Crippen LogP contribution in [0.25, 0.3) is 0 Å². The first-order chi connectivity index (χ1) is 11.2. The summed E-state index contributed by atoms with van der Waals surface area (Å²) in [7, 11) is 0. The molecule has 1 aliphatic heterocycles. The van der Waals surface area contributed by atoms with Gasteiger partial charge in [0.15, 0.2) is 0 Å². The van der Waals surface area contributed by atoms with E-state index in [-0.39, 0.29) is 23.9 Å². The molecule has 4 heteroatoms. The number of hydrogen-bond donors (Lipinski definition) is 2. The number of fused-ring (bicyclic) bond motifs is 1. The third-order valence-corrected chi connectivity index (χ3v) is 5.40. The van der Waals surface area contributed by atoms with Crippen LogP contribution in [0.4, 0.5) is 0 Å². The van der Waals surface area contributed by atoms with Crippen molar-refractivity contribution < 1.29 is 9.59 Å². The zero-order valence-corrected chi connectivity index (χ0v) is 13.8. The summed E-state index contributed by atoms with van der Waals surface area (Å²) in [6.45, 7) is 2.17. The van der Waals surface area contributed by atoms with Crippen molar-refractivity contribution in [2.24, 2.45) is 11.8 Å². The first-order valence-electron chi connectivity index (χ1n) is 8.78. The van der Waals surface area contributed by atoms with E-state index >= 15 is 0 Å². The van der Waals surface area contributed by atoms with Crippen LogP contribution in [0.5, 0.6) is 0 Å². The second-order valence-corrected chi connectivity index (χ2v) is 6.95. The van der Waals surface area contributed by atoms with Gasteiger partial charge in [0, 0.05) is 18.5 Å². The lowest BCUT2D eigenvalue weighted by molar-refractivity contribution is -0.127. The molecule has 4 unspecified atom stereocenters. The van der Waals surface area contributed by atoms with Gasteiger partial charge in [-0.2, -0.15) is 0 Å². The highest BCUT2D eigenvalue weighted by Gasteiger charge is 2.40. The fourth-order valence-electron chi connectivity index (χ4n) is 4.22. The van der Waals surface area contributed by atoms with Crippen molar-refractivity contribution in [3.8, 4) is 0 Å². The maximum Gasteiger partial charge on any atom is 0.224 e. The van der Waals surface area contributed by atoms with Gasteiger partial charge in [-0.15, -0.1) is 0 Å². The summed E-state index contributed by atoms with van der Waals surface area (Å²) < 4.78 is 0. The van der Waals surface area contributed by atoms with Crippen LogP contribution in [0.15, 0.2) is 30.3 Å². The molecule has 3 rings (SSSR count). The minimum Gasteiger partial charge on any atom is -0.353 e. The summed E-state index contributed by atoms with van der Waals surface area (Å²) in [6.07, 6.45) is 5.15. The van der Waals surface area contributed by atoms with E-state index in [2.05, 4.69) is 17.6 Å². The van der Waals surface area contributed by atoms with Crippen molar-refractivity contribution in [2.75, 3.05) is 0 Å². The van der Waals surface area contributed by atoms with E-state index in [1.807, 2.05) is 30.3 Å². The molecule has 23 heavy (non-hydrogen) atoms. The normalized spacial score (nSPS) is 30.2. The molecule has 1 saturated heterocycles. The third-order valence-electron chi connectivity index (χ3n) is 5.40. The van der Waals surface area contributed by atoms with Crippen LogP contribution in [-0.2, 0) is 16.0 Å². The van der Waals surface area contributed by atoms with Crippen molar-refractivity contribution in [1.82, 2.24) is 10.6 Å². The topological polar surface area (TPSA) is 58.2 Å². The molecule has 1 heterocycles. The maximum atomic E-state index is 12.2. The summed E-state index contributed by atoms with van der Waals surface area (Å²) in [4.78, 5) is 24.1. The lowest BCUT2D eigenvalue weighted by atomic mass is 9.70. The molecule has 2 amide bonds. The number of benzene rings is 1. The minimum absolute atomic E-state index is 0.0776. The lowest BCUT2D eigenvalue weighted by Gasteiger charge is -2.44. The molecule has 0 spiro atoms. The van der Waals surface area contributed by atoms with Gasteiger partial charge in [-0.25, -0.2) is 0 Å². The van der Waals surface area contributed by atoms with Crippen LogP contribution in [0.2, 0.25) is 0 Å². The van der Waals surface area contributed by atoms with E-state index in [0.717, 1.165) is 31.2 Å². The molecule has 1 aromatic carbocycles. The van der Waals surface area contributed by atoms with Gasteiger partial charge in [0.25, 0.3) is 0 Å². The Morgan fingerprint density at radius 1 is 1.26 bits per heavy atom. The highest BCUT2D eigenvalue weighted by molar-refractivity contribution is 5.79. The predicted molar refractivity (Wildman–Crippen MR) is 89.7 cm³/mol. The van der Waals surface area contributed by atoms with Crippen LogP contribution >= 0.6 is 0 Å². The van der Waals surface area contributed by atoms with Crippen LogP contribution in [0, 0.1) is 11.8 Å². The number of carbonyl (C=O) groups is 2. The third kappa shape index (κ3) is 3.92. The van der Waals surface area contributed by atoms with Crippen molar-refractivity contribution in [1.29, 1.82) is 0 Å². The van der Waals surface area contributed by atoms with Crippen molar-refractivity contribution in [2.45, 2.75) is 57.5 Å². The molecule has 0 radical (unpaired) electrons. The minimum atomic E-state index is 0.0776. The molecule has 2 aliphatic rings. The molecule has 1 aliphatic carbocycles. The Kier molecular flexibility index (Phi) is 4.99. The average Bonchev–Trinajstić information content (AvgIpc) is 2.54. The van der Waals surface area contributed by atoms with Crippen molar-refractivity contribution in [3.63, 3.8) is 0 Å². The Bertz CT molecular complexity index is 558. The fraction of sp³-hybridized carbons (Fsp3) is 0.579. The number of amides is 2. The summed E-state index contributed by atoms with van der Waals surface area (Å²) in [5.41, 5.74) is 1.04. The van der Waals surface area contributed by atoms with E-state index in [9.17, 15) is 9.59 Å². The van der Waals surface area contributed by atoms with E-state index in [4.69, 9.17) is 0 Å². The second kappa shape index (κ2) is 7.16. The van der Waals surface area contributed by atoms with Crippen LogP contribution in [0.3, 0.4) is 0 Å². The van der Waals surface area contributed by atoms with Crippen LogP contribution < -0.4 is 10.6 Å². The Morgan fingerprint density at radius 2 is 2.04 bits per heavy atom. The summed E-state index contributed by atoms with van der Waals surface area (Å²) in [6, 6.07) is 10.2. The molecule has 4 nitrogen and oxygen atoms in total. The zero-order chi connectivity index (χ0) is 16.2. The largest absolute Gasteiger partial charge is 0.353 e. The highest BCUT2D eigenvalue weighted by atomic mass is 16.2. The number of hydrogen-bond acceptors (Lipinski definition) is 2. The van der Waals surface area contributed by atoms with Gasteiger partial charge >= 0.3 is 0 Å². The molecule has 1 aromatic rings. The summed E-state index contributed by atoms with van der Waals surface area (Å²) in [5.74, 6) is 1.35. The molecular weight excluding hydrogens is 288 g/mol. The quantitative estimate of drug-likeness (QED) is 0.897. The van der Waals surface area contributed by atoms with Crippen molar-refractivity contribution >= 4 is 11.8 Å². The first kappa shape index (κ1) is 16.0. The van der Waals surface area contributed by atoms with Gasteiger partial charge in [-0.05, 0) is 36.7 Å². The van der Waals surface area contributed by atoms with Gasteiger partial charge in [-0.3, -0.25) is 9.59 Å². The summed E-state index contributed by atoms with van der Waals surface area (Å²) >= 11 is 0. The van der Waals surface area contributed by atoms with Gasteiger partial charge in [0.1, 0.15) is 0 Å². The Morgan fingerprint density at radius 3 is 2.78 bits per heavy atom. The summed E-state index contributed by atoms with van der Waals surface area (Å²) in [5, 5.41) is 6.30. The predicted octanol–water partition coefficient (Wildman–Crippen LogP) is 2.43. The molecule has 124 valence electrons. The molecule has 1 saturated carbocycles. The monoisotopic (exact) mass is 314 g/mol. The molecule has 4 atom stereocenters. The second-order valence-electron chi connectivity index (χ2n) is 6.95. The Hall–Kier alpha value is -1.84. The first-order valence-corrected chi connectivity index (χ1v) is 8.78. The number of piperidine rings is 1. The van der Waals surface area contributed by atoms with Crippen LogP contribution in [-0.4, -0.2) is 23.9 Å². The number of nitrogens with one attached hydrogen (secondary N) is 2. The average molecular weight is 314 g/mol. The fourth-order valence-corrected chi connectivity index (χ4v) is 4.22. The molecule has 2 fully saturated rings. The lowest BCUT2D eigenvalue weighted by Crippen LogP contribution is -2.55. The van der Waals surface area contributed by atoms with Crippen molar-refractivity contribution in [3.05, 3.63) is 35.9 Å². The number of carbonyl (C=O) groups excluding carboxylic acids is 2. The Labute approximate surface area is 138 Å². The van der Waals surface area contributed by atoms with Gasteiger partial charge in [-0.1, -0.05) is 43.7 Å². The molecule has 0 aromatic heterocycles. The molecular formula is C19H26N2O2. The van der Waals surface area contributed by atoms with E-state index in [1.54, 1.807) is 0 Å². The SMILES string of the molecule is CCC1CC(=O)NC2CC(NC(=O)Cc3ccccc3)CCC12. The standard InChI is InChI=1S/C19H26N2O2/c1-2-14-11-19(23)21-17-12-15(8-9-16(14)17)20-18(22)10-13-6-4-3-5-7-13/h3-7,14-17H,2,8-12H2,1H3,(H,20,22)(H,21,23).